The summed E-state index contributed by atoms with van der Waals surface area (Å²) in [5.41, 5.74) is 8.37. The lowest BCUT2D eigenvalue weighted by Gasteiger charge is -2.17. The summed E-state index contributed by atoms with van der Waals surface area (Å²) in [6.45, 7) is 5.70. The van der Waals surface area contributed by atoms with Gasteiger partial charge in [-0.2, -0.15) is 0 Å². The maximum Gasteiger partial charge on any atom is 0.130 e. The van der Waals surface area contributed by atoms with Gasteiger partial charge in [0.05, 0.1) is 7.11 Å². The summed E-state index contributed by atoms with van der Waals surface area (Å²) in [4.78, 5) is 0. The zero-order valence-electron chi connectivity index (χ0n) is 10.4. The van der Waals surface area contributed by atoms with E-state index in [1.165, 1.54) is 0 Å². The van der Waals surface area contributed by atoms with Crippen LogP contribution in [0.4, 0.5) is 4.39 Å². The van der Waals surface area contributed by atoms with Gasteiger partial charge in [0.1, 0.15) is 11.6 Å². The Morgan fingerprint density at radius 3 is 2.56 bits per heavy atom. The number of halogens is 1. The summed E-state index contributed by atoms with van der Waals surface area (Å²) in [7, 11) is 1.58. The van der Waals surface area contributed by atoms with E-state index in [9.17, 15) is 4.39 Å². The van der Waals surface area contributed by atoms with Crippen molar-refractivity contribution in [2.24, 2.45) is 5.73 Å². The van der Waals surface area contributed by atoms with Gasteiger partial charge in [-0.15, -0.1) is 0 Å². The minimum atomic E-state index is -0.218. The maximum absolute atomic E-state index is 13.7. The molecule has 16 heavy (non-hydrogen) atoms. The molecule has 1 aromatic carbocycles. The molecule has 1 rings (SSSR count). The van der Waals surface area contributed by atoms with E-state index in [1.54, 1.807) is 20.1 Å². The van der Waals surface area contributed by atoms with Crippen molar-refractivity contribution in [3.8, 4) is 5.75 Å². The smallest absolute Gasteiger partial charge is 0.130 e. The Hall–Kier alpha value is -1.09. The van der Waals surface area contributed by atoms with Crippen LogP contribution >= 0.6 is 0 Å². The molecule has 0 aliphatic carbocycles. The largest absolute Gasteiger partial charge is 0.496 e. The molecule has 0 aromatic heterocycles. The number of benzene rings is 1. The monoisotopic (exact) mass is 225 g/mol. The van der Waals surface area contributed by atoms with Gasteiger partial charge in [0.25, 0.3) is 0 Å². The maximum atomic E-state index is 13.7. The minimum Gasteiger partial charge on any atom is -0.496 e. The first-order chi connectivity index (χ1) is 7.51. The van der Waals surface area contributed by atoms with E-state index in [4.69, 9.17) is 10.5 Å². The molecule has 90 valence electrons. The summed E-state index contributed by atoms with van der Waals surface area (Å²) in [6.07, 6.45) is 1.50. The molecule has 0 amide bonds. The zero-order chi connectivity index (χ0) is 12.3. The average Bonchev–Trinajstić information content (AvgIpc) is 2.21. The molecular formula is C13H20FNO. The van der Waals surface area contributed by atoms with Crippen molar-refractivity contribution < 1.29 is 9.13 Å². The number of rotatable bonds is 4. The molecule has 1 unspecified atom stereocenters. The number of nitrogens with two attached hydrogens (primary N) is 1. The van der Waals surface area contributed by atoms with E-state index in [2.05, 4.69) is 0 Å². The Bertz CT molecular complexity index is 375. The van der Waals surface area contributed by atoms with Gasteiger partial charge in [-0.1, -0.05) is 6.92 Å². The first kappa shape index (κ1) is 13.0. The normalized spacial score (nSPS) is 12.6. The Balaban J connectivity index is 3.31. The topological polar surface area (TPSA) is 35.2 Å². The van der Waals surface area contributed by atoms with Crippen LogP contribution in [0.1, 0.15) is 30.5 Å². The molecule has 0 radical (unpaired) electrons. The van der Waals surface area contributed by atoms with E-state index in [1.807, 2.05) is 13.8 Å². The molecule has 2 N–H and O–H groups in total. The molecule has 3 heteroatoms. The predicted octanol–water partition coefficient (Wildman–Crippen LogP) is 2.59. The van der Waals surface area contributed by atoms with Crippen molar-refractivity contribution in [1.82, 2.24) is 0 Å². The van der Waals surface area contributed by atoms with Gasteiger partial charge in [-0.05, 0) is 43.9 Å². The highest BCUT2D eigenvalue weighted by Crippen LogP contribution is 2.30. The van der Waals surface area contributed by atoms with E-state index in [0.29, 0.717) is 17.7 Å². The Morgan fingerprint density at radius 1 is 1.50 bits per heavy atom. The third kappa shape index (κ3) is 2.53. The van der Waals surface area contributed by atoms with Crippen molar-refractivity contribution >= 4 is 0 Å². The summed E-state index contributed by atoms with van der Waals surface area (Å²) in [5.74, 6) is 0.447. The van der Waals surface area contributed by atoms with E-state index < -0.39 is 0 Å². The minimum absolute atomic E-state index is 0.0251. The second-order valence-corrected chi connectivity index (χ2v) is 4.19. The third-order valence-corrected chi connectivity index (χ3v) is 2.76. The van der Waals surface area contributed by atoms with Gasteiger partial charge < -0.3 is 10.5 Å². The average molecular weight is 225 g/mol. The van der Waals surface area contributed by atoms with Crippen LogP contribution in [0.25, 0.3) is 0 Å². The van der Waals surface area contributed by atoms with Gasteiger partial charge >= 0.3 is 0 Å². The molecule has 0 spiro atoms. The van der Waals surface area contributed by atoms with Crippen LogP contribution in [0, 0.1) is 12.7 Å². The Kier molecular flexibility index (Phi) is 4.30. The molecule has 0 aliphatic heterocycles. The molecule has 0 bridgehead atoms. The van der Waals surface area contributed by atoms with Crippen LogP contribution in [-0.4, -0.2) is 13.2 Å². The molecule has 1 atom stereocenters. The molecule has 0 saturated heterocycles. The van der Waals surface area contributed by atoms with Crippen molar-refractivity contribution in [2.75, 3.05) is 7.11 Å². The lowest BCUT2D eigenvalue weighted by atomic mass is 9.95. The predicted molar refractivity (Wildman–Crippen MR) is 64.4 cm³/mol. The summed E-state index contributed by atoms with van der Waals surface area (Å²) >= 11 is 0. The molecule has 0 heterocycles. The molecule has 0 aliphatic rings. The van der Waals surface area contributed by atoms with Crippen LogP contribution in [0.5, 0.6) is 5.75 Å². The van der Waals surface area contributed by atoms with E-state index in [-0.39, 0.29) is 11.9 Å². The van der Waals surface area contributed by atoms with Crippen molar-refractivity contribution in [1.29, 1.82) is 0 Å². The fraction of sp³-hybridized carbons (Fsp3) is 0.538. The van der Waals surface area contributed by atoms with Crippen molar-refractivity contribution in [2.45, 2.75) is 39.7 Å². The van der Waals surface area contributed by atoms with E-state index in [0.717, 1.165) is 17.5 Å². The van der Waals surface area contributed by atoms with Gasteiger partial charge in [-0.25, -0.2) is 4.39 Å². The number of hydrogen-bond donors (Lipinski definition) is 1. The standard InChI is InChI=1S/C13H20FNO/c1-5-11-10(6-8(2)15)7-12(14)9(3)13(11)16-4/h7-8H,5-6,15H2,1-4H3. The van der Waals surface area contributed by atoms with Crippen LogP contribution in [0.15, 0.2) is 6.07 Å². The number of methoxy groups -OCH3 is 1. The lowest BCUT2D eigenvalue weighted by molar-refractivity contribution is 0.401. The first-order valence-electron chi connectivity index (χ1n) is 5.61. The molecule has 1 aromatic rings. The summed E-state index contributed by atoms with van der Waals surface area (Å²) in [5, 5.41) is 0. The third-order valence-electron chi connectivity index (χ3n) is 2.76. The quantitative estimate of drug-likeness (QED) is 0.854. The van der Waals surface area contributed by atoms with Gasteiger partial charge in [0.2, 0.25) is 0 Å². The SMILES string of the molecule is CCc1c(CC(C)N)cc(F)c(C)c1OC. The summed E-state index contributed by atoms with van der Waals surface area (Å²) < 4.78 is 19.0. The Labute approximate surface area is 96.6 Å². The van der Waals surface area contributed by atoms with Crippen molar-refractivity contribution in [3.05, 3.63) is 28.6 Å². The first-order valence-corrected chi connectivity index (χ1v) is 5.61. The molecule has 0 saturated carbocycles. The highest BCUT2D eigenvalue weighted by atomic mass is 19.1. The fourth-order valence-corrected chi connectivity index (χ4v) is 2.02. The van der Waals surface area contributed by atoms with Gasteiger partial charge in [0, 0.05) is 11.6 Å². The van der Waals surface area contributed by atoms with Gasteiger partial charge in [0.15, 0.2) is 0 Å². The zero-order valence-corrected chi connectivity index (χ0v) is 10.4. The second kappa shape index (κ2) is 5.30. The lowest BCUT2D eigenvalue weighted by Crippen LogP contribution is -2.19. The highest BCUT2D eigenvalue weighted by Gasteiger charge is 2.15. The number of ether oxygens (including phenoxy) is 1. The van der Waals surface area contributed by atoms with E-state index >= 15 is 0 Å². The van der Waals surface area contributed by atoms with Crippen LogP contribution < -0.4 is 10.5 Å². The Morgan fingerprint density at radius 2 is 2.12 bits per heavy atom. The van der Waals surface area contributed by atoms with Crippen LogP contribution in [-0.2, 0) is 12.8 Å². The van der Waals surface area contributed by atoms with Gasteiger partial charge in [-0.3, -0.25) is 0 Å². The second-order valence-electron chi connectivity index (χ2n) is 4.19. The summed E-state index contributed by atoms with van der Waals surface area (Å²) in [6, 6.07) is 1.61. The molecular weight excluding hydrogens is 205 g/mol. The fourth-order valence-electron chi connectivity index (χ4n) is 2.02. The highest BCUT2D eigenvalue weighted by molar-refractivity contribution is 5.47. The van der Waals surface area contributed by atoms with Crippen molar-refractivity contribution in [3.63, 3.8) is 0 Å². The molecule has 2 nitrogen and oxygen atoms in total. The van der Waals surface area contributed by atoms with Crippen LogP contribution in [0.3, 0.4) is 0 Å². The number of hydrogen-bond acceptors (Lipinski definition) is 2. The van der Waals surface area contributed by atoms with Crippen LogP contribution in [0.2, 0.25) is 0 Å². The molecule has 0 fully saturated rings.